The molecule has 2 amide bonds. The number of esters is 1. The molecular weight excluding hydrogens is 371 g/mol. The molecule has 3 rings (SSSR count). The van der Waals surface area contributed by atoms with E-state index in [2.05, 4.69) is 5.32 Å². The minimum absolute atomic E-state index is 0.201. The van der Waals surface area contributed by atoms with Crippen molar-refractivity contribution in [3.63, 3.8) is 0 Å². The minimum Gasteiger partial charge on any atom is -0.451 e. The molecule has 1 aromatic heterocycles. The Labute approximate surface area is 159 Å². The molecule has 2 atom stereocenters. The molecule has 1 N–H and O–H groups in total. The molecule has 8 heteroatoms. The zero-order valence-electron chi connectivity index (χ0n) is 14.7. The number of halogens is 1. The first-order valence-electron chi connectivity index (χ1n) is 8.57. The summed E-state index contributed by atoms with van der Waals surface area (Å²) in [6.07, 6.45) is 0.164. The molecule has 0 radical (unpaired) electrons. The first-order chi connectivity index (χ1) is 13.0. The summed E-state index contributed by atoms with van der Waals surface area (Å²) in [6, 6.07) is 8.08. The van der Waals surface area contributed by atoms with E-state index in [1.165, 1.54) is 47.4 Å². The van der Waals surface area contributed by atoms with Crippen molar-refractivity contribution in [3.05, 3.63) is 52.5 Å². The van der Waals surface area contributed by atoms with Crippen molar-refractivity contribution >= 4 is 34.8 Å². The number of rotatable bonds is 5. The van der Waals surface area contributed by atoms with Crippen LogP contribution in [-0.4, -0.2) is 41.4 Å². The Morgan fingerprint density at radius 1 is 1.26 bits per heavy atom. The number of benzene rings is 1. The van der Waals surface area contributed by atoms with Gasteiger partial charge in [-0.05, 0) is 55.5 Å². The van der Waals surface area contributed by atoms with E-state index >= 15 is 0 Å². The first-order valence-corrected chi connectivity index (χ1v) is 9.45. The summed E-state index contributed by atoms with van der Waals surface area (Å²) in [5.74, 6) is -1.74. The summed E-state index contributed by atoms with van der Waals surface area (Å²) >= 11 is 1.32. The smallest absolute Gasteiger partial charge is 0.329 e. The van der Waals surface area contributed by atoms with E-state index in [1.807, 2.05) is 0 Å². The molecule has 2 heterocycles. The summed E-state index contributed by atoms with van der Waals surface area (Å²) < 4.78 is 18.2. The van der Waals surface area contributed by atoms with Crippen LogP contribution in [0.15, 0.2) is 41.8 Å². The number of hydrogen-bond acceptors (Lipinski definition) is 5. The van der Waals surface area contributed by atoms with E-state index < -0.39 is 29.8 Å². The summed E-state index contributed by atoms with van der Waals surface area (Å²) in [5, 5.41) is 4.36. The zero-order valence-corrected chi connectivity index (χ0v) is 15.5. The van der Waals surface area contributed by atoms with Crippen LogP contribution in [0.4, 0.5) is 10.1 Å². The van der Waals surface area contributed by atoms with Crippen LogP contribution in [0.1, 0.15) is 29.4 Å². The summed E-state index contributed by atoms with van der Waals surface area (Å²) in [5.41, 5.74) is 0.402. The second kappa shape index (κ2) is 8.30. The number of nitrogens with one attached hydrogen (secondary N) is 1. The van der Waals surface area contributed by atoms with Gasteiger partial charge in [-0.3, -0.25) is 9.59 Å². The lowest BCUT2D eigenvalue weighted by atomic mass is 10.2. The highest BCUT2D eigenvalue weighted by molar-refractivity contribution is 7.12. The van der Waals surface area contributed by atoms with Crippen LogP contribution >= 0.6 is 11.3 Å². The van der Waals surface area contributed by atoms with Gasteiger partial charge in [0.25, 0.3) is 11.8 Å². The number of thiophene rings is 1. The highest BCUT2D eigenvalue weighted by atomic mass is 32.1. The molecule has 0 saturated carbocycles. The Bertz CT molecular complexity index is 823. The van der Waals surface area contributed by atoms with Crippen LogP contribution in [0.25, 0.3) is 0 Å². The molecule has 1 aliphatic heterocycles. The number of ether oxygens (including phenoxy) is 1. The maximum Gasteiger partial charge on any atom is 0.329 e. The maximum atomic E-state index is 12.9. The topological polar surface area (TPSA) is 75.7 Å². The third-order valence-electron chi connectivity index (χ3n) is 4.29. The second-order valence-electron chi connectivity index (χ2n) is 6.21. The summed E-state index contributed by atoms with van der Waals surface area (Å²) in [4.78, 5) is 39.3. The molecule has 6 nitrogen and oxygen atoms in total. The highest BCUT2D eigenvalue weighted by Gasteiger charge is 2.37. The molecule has 1 aromatic carbocycles. The lowest BCUT2D eigenvalue weighted by molar-refractivity contribution is -0.156. The van der Waals surface area contributed by atoms with Crippen LogP contribution in [0.2, 0.25) is 0 Å². The molecule has 27 heavy (non-hydrogen) atoms. The van der Waals surface area contributed by atoms with Gasteiger partial charge in [0, 0.05) is 12.2 Å². The fraction of sp³-hybridized carbons (Fsp3) is 0.316. The monoisotopic (exact) mass is 390 g/mol. The number of anilines is 1. The van der Waals surface area contributed by atoms with Crippen LogP contribution < -0.4 is 5.32 Å². The number of carbonyl (C=O) groups is 3. The summed E-state index contributed by atoms with van der Waals surface area (Å²) in [7, 11) is 0. The van der Waals surface area contributed by atoms with E-state index in [9.17, 15) is 18.8 Å². The van der Waals surface area contributed by atoms with E-state index in [1.54, 1.807) is 17.5 Å². The lowest BCUT2D eigenvalue weighted by Crippen LogP contribution is -2.43. The van der Waals surface area contributed by atoms with E-state index in [0.717, 1.165) is 0 Å². The molecular formula is C19H19FN2O4S. The molecule has 0 bridgehead atoms. The lowest BCUT2D eigenvalue weighted by Gasteiger charge is -2.24. The van der Waals surface area contributed by atoms with Gasteiger partial charge >= 0.3 is 5.97 Å². The van der Waals surface area contributed by atoms with Crippen molar-refractivity contribution in [2.75, 3.05) is 11.9 Å². The van der Waals surface area contributed by atoms with Crippen molar-refractivity contribution in [2.45, 2.75) is 31.9 Å². The molecule has 0 aliphatic carbocycles. The average Bonchev–Trinajstić information content (AvgIpc) is 3.34. The molecule has 1 saturated heterocycles. The minimum atomic E-state index is -1.04. The van der Waals surface area contributed by atoms with Crippen molar-refractivity contribution in [1.29, 1.82) is 0 Å². The van der Waals surface area contributed by atoms with Crippen molar-refractivity contribution in [2.24, 2.45) is 0 Å². The molecule has 2 aromatic rings. The molecule has 0 spiro atoms. The Morgan fingerprint density at radius 3 is 2.67 bits per heavy atom. The van der Waals surface area contributed by atoms with Gasteiger partial charge in [0.05, 0.1) is 4.88 Å². The maximum absolute atomic E-state index is 12.9. The van der Waals surface area contributed by atoms with Crippen molar-refractivity contribution in [3.8, 4) is 0 Å². The van der Waals surface area contributed by atoms with Crippen LogP contribution in [0, 0.1) is 5.82 Å². The fourth-order valence-electron chi connectivity index (χ4n) is 2.88. The largest absolute Gasteiger partial charge is 0.451 e. The van der Waals surface area contributed by atoms with Gasteiger partial charge < -0.3 is 15.0 Å². The van der Waals surface area contributed by atoms with Gasteiger partial charge in [-0.1, -0.05) is 6.07 Å². The van der Waals surface area contributed by atoms with Gasteiger partial charge in [-0.2, -0.15) is 0 Å². The van der Waals surface area contributed by atoms with E-state index in [4.69, 9.17) is 4.74 Å². The van der Waals surface area contributed by atoms with Crippen LogP contribution in [0.3, 0.4) is 0 Å². The predicted octanol–water partition coefficient (Wildman–Crippen LogP) is 3.06. The molecule has 142 valence electrons. The predicted molar refractivity (Wildman–Crippen MR) is 99.0 cm³/mol. The number of nitrogens with zero attached hydrogens (tertiary/aromatic N) is 1. The first kappa shape index (κ1) is 19.0. The SMILES string of the molecule is C[C@H](OC(=O)[C@@H]1CCCN1C(=O)c1cccs1)C(=O)Nc1ccc(F)cc1. The Balaban J connectivity index is 1.59. The average molecular weight is 390 g/mol. The van der Waals surface area contributed by atoms with E-state index in [0.29, 0.717) is 30.0 Å². The number of amides is 2. The summed E-state index contributed by atoms with van der Waals surface area (Å²) in [6.45, 7) is 1.93. The number of hydrogen-bond donors (Lipinski definition) is 1. The number of likely N-dealkylation sites (tertiary alicyclic amines) is 1. The second-order valence-corrected chi connectivity index (χ2v) is 7.16. The molecule has 1 aliphatic rings. The van der Waals surface area contributed by atoms with Crippen LogP contribution in [0.5, 0.6) is 0 Å². The van der Waals surface area contributed by atoms with Crippen LogP contribution in [-0.2, 0) is 14.3 Å². The Hall–Kier alpha value is -2.74. The van der Waals surface area contributed by atoms with Gasteiger partial charge in [0.2, 0.25) is 0 Å². The van der Waals surface area contributed by atoms with Crippen molar-refractivity contribution < 1.29 is 23.5 Å². The third kappa shape index (κ3) is 4.51. The van der Waals surface area contributed by atoms with Gasteiger partial charge in [0.15, 0.2) is 6.10 Å². The molecule has 1 fully saturated rings. The molecule has 0 unspecified atom stereocenters. The standard InChI is InChI=1S/C19H19FN2O4S/c1-12(17(23)21-14-8-6-13(20)7-9-14)26-19(25)15-4-2-10-22(15)18(24)16-5-3-11-27-16/h3,5-9,11-12,15H,2,4,10H2,1H3,(H,21,23)/t12-,15-/m0/s1. The third-order valence-corrected chi connectivity index (χ3v) is 5.15. The van der Waals surface area contributed by atoms with Gasteiger partial charge in [-0.25, -0.2) is 9.18 Å². The van der Waals surface area contributed by atoms with E-state index in [-0.39, 0.29) is 5.91 Å². The van der Waals surface area contributed by atoms with Crippen molar-refractivity contribution in [1.82, 2.24) is 4.90 Å². The van der Waals surface area contributed by atoms with Gasteiger partial charge in [-0.15, -0.1) is 11.3 Å². The highest BCUT2D eigenvalue weighted by Crippen LogP contribution is 2.23. The fourth-order valence-corrected chi connectivity index (χ4v) is 3.56. The quantitative estimate of drug-likeness (QED) is 0.796. The Morgan fingerprint density at radius 2 is 2.00 bits per heavy atom. The number of carbonyl (C=O) groups excluding carboxylic acids is 3. The Kier molecular flexibility index (Phi) is 5.85. The normalized spacial score (nSPS) is 17.4. The van der Waals surface area contributed by atoms with Gasteiger partial charge in [0.1, 0.15) is 11.9 Å². The zero-order chi connectivity index (χ0) is 19.4.